The Kier molecular flexibility index (Phi) is 6.56. The zero-order valence-corrected chi connectivity index (χ0v) is 12.9. The van der Waals surface area contributed by atoms with E-state index in [0.717, 1.165) is 19.1 Å². The fourth-order valence-corrected chi connectivity index (χ4v) is 2.86. The second-order valence-corrected chi connectivity index (χ2v) is 7.17. The first-order valence-corrected chi connectivity index (χ1v) is 8.82. The van der Waals surface area contributed by atoms with Crippen molar-refractivity contribution in [3.8, 4) is 0 Å². The van der Waals surface area contributed by atoms with Crippen LogP contribution in [0.1, 0.15) is 32.1 Å². The Hall–Kier alpha value is -1.19. The van der Waals surface area contributed by atoms with Crippen LogP contribution >= 0.6 is 0 Å². The Bertz CT molecular complexity index is 479. The molecule has 0 saturated carbocycles. The second-order valence-electron chi connectivity index (χ2n) is 5.34. The Balaban J connectivity index is 2.62. The van der Waals surface area contributed by atoms with Gasteiger partial charge in [-0.3, -0.25) is 9.59 Å². The number of rotatable bonds is 7. The highest BCUT2D eigenvalue weighted by Gasteiger charge is 2.30. The van der Waals surface area contributed by atoms with Gasteiger partial charge in [-0.2, -0.15) is 0 Å². The van der Waals surface area contributed by atoms with Crippen molar-refractivity contribution in [2.75, 3.05) is 19.3 Å². The molecule has 8 nitrogen and oxygen atoms in total. The third-order valence-electron chi connectivity index (χ3n) is 3.48. The zero-order chi connectivity index (χ0) is 16.0. The van der Waals surface area contributed by atoms with Crippen molar-refractivity contribution in [2.24, 2.45) is 5.73 Å². The van der Waals surface area contributed by atoms with Crippen LogP contribution in [0.25, 0.3) is 0 Å². The van der Waals surface area contributed by atoms with E-state index < -0.39 is 22.0 Å². The Morgan fingerprint density at radius 2 is 2.10 bits per heavy atom. The Labute approximate surface area is 124 Å². The average Bonchev–Trinajstić information content (AvgIpc) is 2.41. The van der Waals surface area contributed by atoms with E-state index >= 15 is 0 Å². The van der Waals surface area contributed by atoms with Crippen molar-refractivity contribution >= 4 is 21.9 Å². The summed E-state index contributed by atoms with van der Waals surface area (Å²) >= 11 is 0. The van der Waals surface area contributed by atoms with Gasteiger partial charge < -0.3 is 15.7 Å². The first-order chi connectivity index (χ1) is 9.70. The average molecular weight is 321 g/mol. The molecule has 0 spiro atoms. The van der Waals surface area contributed by atoms with Gasteiger partial charge in [-0.25, -0.2) is 13.1 Å². The molecular weight excluding hydrogens is 298 g/mol. The number of carboxylic acid groups (broad SMARTS) is 1. The van der Waals surface area contributed by atoms with E-state index in [1.54, 1.807) is 4.90 Å². The molecule has 9 heteroatoms. The van der Waals surface area contributed by atoms with E-state index in [4.69, 9.17) is 10.8 Å². The van der Waals surface area contributed by atoms with Gasteiger partial charge in [0.1, 0.15) is 0 Å². The predicted molar refractivity (Wildman–Crippen MR) is 77.0 cm³/mol. The first kappa shape index (κ1) is 17.9. The van der Waals surface area contributed by atoms with E-state index in [2.05, 4.69) is 4.72 Å². The SMILES string of the molecule is CS(=O)(=O)NCC1CCCCN1C(=O)C(N)CCC(=O)O. The minimum absolute atomic E-state index is 0.0802. The maximum absolute atomic E-state index is 12.3. The summed E-state index contributed by atoms with van der Waals surface area (Å²) in [6.45, 7) is 0.686. The highest BCUT2D eigenvalue weighted by molar-refractivity contribution is 7.88. The molecule has 21 heavy (non-hydrogen) atoms. The van der Waals surface area contributed by atoms with Crippen molar-refractivity contribution in [1.82, 2.24) is 9.62 Å². The number of sulfonamides is 1. The van der Waals surface area contributed by atoms with Gasteiger partial charge in [-0.1, -0.05) is 0 Å². The summed E-state index contributed by atoms with van der Waals surface area (Å²) in [6.07, 6.45) is 3.46. The van der Waals surface area contributed by atoms with E-state index in [9.17, 15) is 18.0 Å². The van der Waals surface area contributed by atoms with Crippen LogP contribution in [0.4, 0.5) is 0 Å². The molecule has 1 rings (SSSR count). The number of carbonyl (C=O) groups excluding carboxylic acids is 1. The van der Waals surface area contributed by atoms with Gasteiger partial charge in [0.2, 0.25) is 15.9 Å². The van der Waals surface area contributed by atoms with Crippen molar-refractivity contribution in [3.63, 3.8) is 0 Å². The van der Waals surface area contributed by atoms with Gasteiger partial charge >= 0.3 is 5.97 Å². The number of amides is 1. The second kappa shape index (κ2) is 7.71. The number of likely N-dealkylation sites (tertiary alicyclic amines) is 1. The topological polar surface area (TPSA) is 130 Å². The number of hydrogen-bond donors (Lipinski definition) is 3. The van der Waals surface area contributed by atoms with Gasteiger partial charge in [0.25, 0.3) is 0 Å². The highest BCUT2D eigenvalue weighted by Crippen LogP contribution is 2.18. The van der Waals surface area contributed by atoms with Gasteiger partial charge in [0.15, 0.2) is 0 Å². The lowest BCUT2D eigenvalue weighted by atomic mass is 10.00. The van der Waals surface area contributed by atoms with Crippen molar-refractivity contribution in [2.45, 2.75) is 44.2 Å². The summed E-state index contributed by atoms with van der Waals surface area (Å²) in [5.74, 6) is -1.30. The molecule has 2 atom stereocenters. The van der Waals surface area contributed by atoms with Gasteiger partial charge in [-0.15, -0.1) is 0 Å². The van der Waals surface area contributed by atoms with Crippen molar-refractivity contribution < 1.29 is 23.1 Å². The first-order valence-electron chi connectivity index (χ1n) is 6.93. The number of nitrogens with zero attached hydrogens (tertiary/aromatic N) is 1. The predicted octanol–water partition coefficient (Wildman–Crippen LogP) is -0.891. The van der Waals surface area contributed by atoms with Crippen LogP contribution in [0.15, 0.2) is 0 Å². The van der Waals surface area contributed by atoms with Crippen LogP contribution in [0.5, 0.6) is 0 Å². The molecule has 0 radical (unpaired) electrons. The van der Waals surface area contributed by atoms with Crippen LogP contribution in [0, 0.1) is 0 Å². The number of nitrogens with two attached hydrogens (primary N) is 1. The van der Waals surface area contributed by atoms with E-state index in [1.807, 2.05) is 0 Å². The Morgan fingerprint density at radius 1 is 1.43 bits per heavy atom. The summed E-state index contributed by atoms with van der Waals surface area (Å²) in [5.41, 5.74) is 5.75. The largest absolute Gasteiger partial charge is 0.481 e. The molecule has 1 aliphatic heterocycles. The number of carboxylic acids is 1. The van der Waals surface area contributed by atoms with Gasteiger partial charge in [0.05, 0.1) is 12.3 Å². The standard InChI is InChI=1S/C12H23N3O5S/c1-21(19,20)14-8-9-4-2-3-7-15(9)12(18)10(13)5-6-11(16)17/h9-10,14H,2-8,13H2,1H3,(H,16,17). The van der Waals surface area contributed by atoms with Gasteiger partial charge in [-0.05, 0) is 25.7 Å². The van der Waals surface area contributed by atoms with E-state index in [-0.39, 0.29) is 31.3 Å². The molecular formula is C12H23N3O5S. The summed E-state index contributed by atoms with van der Waals surface area (Å²) in [6, 6.07) is -1.09. The molecule has 0 aromatic carbocycles. The number of nitrogens with one attached hydrogen (secondary N) is 1. The number of carbonyl (C=O) groups is 2. The maximum atomic E-state index is 12.3. The molecule has 0 aromatic rings. The van der Waals surface area contributed by atoms with Crippen molar-refractivity contribution in [3.05, 3.63) is 0 Å². The van der Waals surface area contributed by atoms with Crippen LogP contribution in [-0.4, -0.2) is 61.7 Å². The lowest BCUT2D eigenvalue weighted by molar-refractivity contribution is -0.138. The minimum atomic E-state index is -3.31. The molecule has 1 saturated heterocycles. The molecule has 0 bridgehead atoms. The van der Waals surface area contributed by atoms with Crippen LogP contribution in [-0.2, 0) is 19.6 Å². The summed E-state index contributed by atoms with van der Waals surface area (Å²) in [4.78, 5) is 24.4. The molecule has 1 heterocycles. The highest BCUT2D eigenvalue weighted by atomic mass is 32.2. The van der Waals surface area contributed by atoms with Crippen LogP contribution in [0.2, 0.25) is 0 Å². The molecule has 1 aliphatic rings. The maximum Gasteiger partial charge on any atom is 0.303 e. The summed E-state index contributed by atoms with van der Waals surface area (Å²) in [5, 5.41) is 8.62. The normalized spacial score (nSPS) is 21.0. The number of aliphatic carboxylic acids is 1. The van der Waals surface area contributed by atoms with Gasteiger partial charge in [0, 0.05) is 25.6 Å². The molecule has 4 N–H and O–H groups in total. The molecule has 1 amide bonds. The smallest absolute Gasteiger partial charge is 0.303 e. The zero-order valence-electron chi connectivity index (χ0n) is 12.1. The fourth-order valence-electron chi connectivity index (χ4n) is 2.37. The summed E-state index contributed by atoms with van der Waals surface area (Å²) < 4.78 is 24.7. The minimum Gasteiger partial charge on any atom is -0.481 e. The third-order valence-corrected chi connectivity index (χ3v) is 4.17. The Morgan fingerprint density at radius 3 is 2.67 bits per heavy atom. The van der Waals surface area contributed by atoms with E-state index in [0.29, 0.717) is 13.0 Å². The fraction of sp³-hybridized carbons (Fsp3) is 0.833. The number of hydrogen-bond acceptors (Lipinski definition) is 5. The quantitative estimate of drug-likeness (QED) is 0.557. The van der Waals surface area contributed by atoms with E-state index in [1.165, 1.54) is 0 Å². The lowest BCUT2D eigenvalue weighted by Gasteiger charge is -2.37. The summed E-state index contributed by atoms with van der Waals surface area (Å²) in [7, 11) is -3.31. The monoisotopic (exact) mass is 321 g/mol. The molecule has 1 fully saturated rings. The molecule has 0 aliphatic carbocycles. The molecule has 122 valence electrons. The van der Waals surface area contributed by atoms with Crippen LogP contribution in [0.3, 0.4) is 0 Å². The number of piperidine rings is 1. The molecule has 2 unspecified atom stereocenters. The lowest BCUT2D eigenvalue weighted by Crippen LogP contribution is -2.54. The third kappa shape index (κ3) is 6.40. The van der Waals surface area contributed by atoms with Crippen LogP contribution < -0.4 is 10.5 Å². The molecule has 0 aromatic heterocycles. The van der Waals surface area contributed by atoms with Crippen molar-refractivity contribution in [1.29, 1.82) is 0 Å².